The summed E-state index contributed by atoms with van der Waals surface area (Å²) in [4.78, 5) is 22.9. The third-order valence-electron chi connectivity index (χ3n) is 6.62. The van der Waals surface area contributed by atoms with Gasteiger partial charge in [-0.05, 0) is 56.5 Å². The molecule has 2 atom stereocenters. The van der Waals surface area contributed by atoms with E-state index in [0.29, 0.717) is 28.9 Å². The zero-order valence-corrected chi connectivity index (χ0v) is 21.1. The summed E-state index contributed by atoms with van der Waals surface area (Å²) in [5.41, 5.74) is 0.588. The van der Waals surface area contributed by atoms with Crippen LogP contribution in [-0.4, -0.2) is 30.4 Å². The highest BCUT2D eigenvalue weighted by atomic mass is 35.5. The Labute approximate surface area is 210 Å². The van der Waals surface area contributed by atoms with Crippen molar-refractivity contribution in [2.24, 2.45) is 5.92 Å². The predicted molar refractivity (Wildman–Crippen MR) is 136 cm³/mol. The van der Waals surface area contributed by atoms with Crippen LogP contribution in [0.15, 0.2) is 42.5 Å². The van der Waals surface area contributed by atoms with E-state index < -0.39 is 17.3 Å². The number of anilines is 1. The zero-order valence-electron chi connectivity index (χ0n) is 19.5. The zero-order chi connectivity index (χ0) is 24.7. The minimum atomic E-state index is -0.484. The van der Waals surface area contributed by atoms with Crippen molar-refractivity contribution in [1.29, 1.82) is 0 Å². The molecule has 2 amide bonds. The largest absolute Gasteiger partial charge is 0.356 e. The average Bonchev–Trinajstić information content (AvgIpc) is 3.12. The fourth-order valence-corrected chi connectivity index (χ4v) is 5.23. The smallest absolute Gasteiger partial charge is 0.230 e. The summed E-state index contributed by atoms with van der Waals surface area (Å²) in [5, 5.41) is 9.63. The van der Waals surface area contributed by atoms with Gasteiger partial charge in [0.25, 0.3) is 0 Å². The van der Waals surface area contributed by atoms with Gasteiger partial charge in [-0.15, -0.1) is 0 Å². The van der Waals surface area contributed by atoms with E-state index in [1.54, 1.807) is 36.4 Å². The summed E-state index contributed by atoms with van der Waals surface area (Å²) >= 11 is 11.9. The van der Waals surface area contributed by atoms with Crippen molar-refractivity contribution in [2.75, 3.05) is 11.9 Å². The first-order valence-electron chi connectivity index (χ1n) is 11.7. The molecule has 1 saturated carbocycles. The maximum absolute atomic E-state index is 14.5. The van der Waals surface area contributed by atoms with Crippen LogP contribution in [0.25, 0.3) is 0 Å². The van der Waals surface area contributed by atoms with Crippen molar-refractivity contribution in [1.82, 2.24) is 10.6 Å². The number of hydrogen-bond acceptors (Lipinski definition) is 3. The van der Waals surface area contributed by atoms with Gasteiger partial charge >= 0.3 is 0 Å². The number of nitrogens with one attached hydrogen (secondary N) is 3. The molecule has 1 saturated heterocycles. The summed E-state index contributed by atoms with van der Waals surface area (Å²) in [7, 11) is 0. The summed E-state index contributed by atoms with van der Waals surface area (Å²) < 4.78 is 14.5. The molecular weight excluding hydrogens is 476 g/mol. The number of carbonyl (C=O) groups excluding carboxylic acids is 2. The van der Waals surface area contributed by atoms with E-state index in [1.807, 2.05) is 13.8 Å². The van der Waals surface area contributed by atoms with Gasteiger partial charge in [0.15, 0.2) is 0 Å². The van der Waals surface area contributed by atoms with Gasteiger partial charge in [-0.25, -0.2) is 4.39 Å². The Morgan fingerprint density at radius 3 is 2.50 bits per heavy atom. The maximum Gasteiger partial charge on any atom is 0.230 e. The number of hydrogen-bond donors (Lipinski definition) is 3. The Hall–Kier alpha value is -2.15. The summed E-state index contributed by atoms with van der Waals surface area (Å²) in [6.45, 7) is 4.38. The molecule has 2 unspecified atom stereocenters. The molecule has 8 heteroatoms. The van der Waals surface area contributed by atoms with Crippen LogP contribution in [0.4, 0.5) is 10.1 Å². The average molecular weight is 508 g/mol. The van der Waals surface area contributed by atoms with Crippen molar-refractivity contribution in [3.63, 3.8) is 0 Å². The minimum absolute atomic E-state index is 0.0659. The number of halogens is 3. The normalized spacial score (nSPS) is 21.8. The van der Waals surface area contributed by atoms with E-state index in [-0.39, 0.29) is 16.8 Å². The molecule has 184 valence electrons. The fraction of sp³-hybridized carbons (Fsp3) is 0.462. The Morgan fingerprint density at radius 1 is 1.12 bits per heavy atom. The Kier molecular flexibility index (Phi) is 9.34. The second-order valence-electron chi connectivity index (χ2n) is 9.45. The van der Waals surface area contributed by atoms with Crippen LogP contribution in [0.1, 0.15) is 57.4 Å². The number of carbonyl (C=O) groups is 2. The highest BCUT2D eigenvalue weighted by molar-refractivity contribution is 6.31. The first kappa shape index (κ1) is 26.5. The van der Waals surface area contributed by atoms with Crippen LogP contribution in [0, 0.1) is 11.7 Å². The van der Waals surface area contributed by atoms with Crippen molar-refractivity contribution >= 4 is 41.2 Å². The Balaban J connectivity index is 0.000000302. The van der Waals surface area contributed by atoms with Crippen LogP contribution in [-0.2, 0) is 9.59 Å². The molecule has 2 aliphatic rings. The van der Waals surface area contributed by atoms with E-state index in [1.165, 1.54) is 38.2 Å². The van der Waals surface area contributed by atoms with Gasteiger partial charge in [-0.1, -0.05) is 60.7 Å². The molecule has 34 heavy (non-hydrogen) atoms. The number of rotatable bonds is 5. The van der Waals surface area contributed by atoms with Gasteiger partial charge in [0.2, 0.25) is 12.3 Å². The third-order valence-corrected chi connectivity index (χ3v) is 7.15. The molecule has 1 aliphatic heterocycles. The van der Waals surface area contributed by atoms with Crippen LogP contribution in [0.5, 0.6) is 0 Å². The van der Waals surface area contributed by atoms with Crippen LogP contribution >= 0.6 is 23.2 Å². The topological polar surface area (TPSA) is 70.2 Å². The van der Waals surface area contributed by atoms with E-state index in [0.717, 1.165) is 6.41 Å². The standard InChI is InChI=1S/C19H19Cl2FN2O.C7H13NO/c1-19(2)16(18(25)24-12-6-3-5-11(20)9-12)14(10-23-19)13-7-4-8-15(21)17(13)22;9-6-8-7-4-2-1-3-5-7/h3-9,14,16,23H,10H2,1-2H3,(H,24,25);6-7H,1-5H2,(H,8,9). The lowest BCUT2D eigenvalue weighted by Gasteiger charge is -2.29. The molecular formula is C26H32Cl2FN3O2. The predicted octanol–water partition coefficient (Wildman–Crippen LogP) is 5.92. The molecule has 3 N–H and O–H groups in total. The van der Waals surface area contributed by atoms with Crippen molar-refractivity contribution in [3.8, 4) is 0 Å². The van der Waals surface area contributed by atoms with Crippen molar-refractivity contribution < 1.29 is 14.0 Å². The van der Waals surface area contributed by atoms with Crippen molar-refractivity contribution in [3.05, 3.63) is 63.9 Å². The van der Waals surface area contributed by atoms with Gasteiger partial charge in [-0.2, -0.15) is 0 Å². The van der Waals surface area contributed by atoms with Gasteiger partial charge in [0.1, 0.15) is 5.82 Å². The monoisotopic (exact) mass is 507 g/mol. The van der Waals surface area contributed by atoms with Gasteiger partial charge < -0.3 is 16.0 Å². The summed E-state index contributed by atoms with van der Waals surface area (Å²) in [6.07, 6.45) is 7.08. The number of amides is 2. The molecule has 4 rings (SSSR count). The van der Waals surface area contributed by atoms with Crippen LogP contribution < -0.4 is 16.0 Å². The molecule has 0 aromatic heterocycles. The molecule has 2 aromatic carbocycles. The highest BCUT2D eigenvalue weighted by Crippen LogP contribution is 2.40. The summed E-state index contributed by atoms with van der Waals surface area (Å²) in [5.74, 6) is -1.41. The first-order chi connectivity index (χ1) is 16.2. The Morgan fingerprint density at radius 2 is 1.82 bits per heavy atom. The maximum atomic E-state index is 14.5. The van der Waals surface area contributed by atoms with Crippen LogP contribution in [0.3, 0.4) is 0 Å². The molecule has 2 fully saturated rings. The van der Waals surface area contributed by atoms with E-state index in [9.17, 15) is 14.0 Å². The first-order valence-corrected chi connectivity index (χ1v) is 12.4. The molecule has 5 nitrogen and oxygen atoms in total. The third kappa shape index (κ3) is 6.71. The van der Waals surface area contributed by atoms with Crippen LogP contribution in [0.2, 0.25) is 10.0 Å². The highest BCUT2D eigenvalue weighted by Gasteiger charge is 2.47. The second kappa shape index (κ2) is 12.0. The van der Waals surface area contributed by atoms with Gasteiger partial charge in [-0.3, -0.25) is 9.59 Å². The molecule has 0 radical (unpaired) electrons. The molecule has 2 aromatic rings. The van der Waals surface area contributed by atoms with Gasteiger partial charge in [0, 0.05) is 34.8 Å². The lowest BCUT2D eigenvalue weighted by molar-refractivity contribution is -0.121. The Bertz CT molecular complexity index is 996. The summed E-state index contributed by atoms with van der Waals surface area (Å²) in [6, 6.07) is 12.3. The van der Waals surface area contributed by atoms with Crippen molar-refractivity contribution in [2.45, 2.75) is 63.5 Å². The lowest BCUT2D eigenvalue weighted by atomic mass is 9.78. The molecule has 1 heterocycles. The molecule has 1 aliphatic carbocycles. The molecule has 0 bridgehead atoms. The fourth-order valence-electron chi connectivity index (χ4n) is 4.86. The van der Waals surface area contributed by atoms with E-state index in [2.05, 4.69) is 16.0 Å². The minimum Gasteiger partial charge on any atom is -0.356 e. The second-order valence-corrected chi connectivity index (χ2v) is 10.3. The number of benzene rings is 2. The van der Waals surface area contributed by atoms with Gasteiger partial charge in [0.05, 0.1) is 10.9 Å². The molecule has 0 spiro atoms. The SMILES string of the molecule is CC1(C)NCC(c2cccc(Cl)c2F)C1C(=O)Nc1cccc(Cl)c1.O=CNC1CCCCC1. The lowest BCUT2D eigenvalue weighted by Crippen LogP contribution is -2.44. The van der Waals surface area contributed by atoms with E-state index in [4.69, 9.17) is 23.2 Å². The quantitative estimate of drug-likeness (QED) is 0.440. The van der Waals surface area contributed by atoms with E-state index >= 15 is 0 Å².